The van der Waals surface area contributed by atoms with E-state index in [1.807, 2.05) is 39.0 Å². The summed E-state index contributed by atoms with van der Waals surface area (Å²) < 4.78 is 12.8. The van der Waals surface area contributed by atoms with Crippen molar-refractivity contribution >= 4 is 32.9 Å². The third-order valence-electron chi connectivity index (χ3n) is 6.62. The molecule has 1 aliphatic heterocycles. The molecule has 0 radical (unpaired) electrons. The first kappa shape index (κ1) is 26.0. The Kier molecular flexibility index (Phi) is 7.25. The van der Waals surface area contributed by atoms with Gasteiger partial charge in [0.05, 0.1) is 21.7 Å². The molecule has 3 aromatic carbocycles. The molecule has 5 rings (SSSR count). The highest BCUT2D eigenvalue weighted by atomic mass is 79.9. The van der Waals surface area contributed by atoms with Crippen LogP contribution in [0.25, 0.3) is 22.0 Å². The molecule has 1 saturated heterocycles. The van der Waals surface area contributed by atoms with Gasteiger partial charge in [-0.15, -0.1) is 0 Å². The number of aromatic nitrogens is 2. The Bertz CT molecular complexity index is 1520. The van der Waals surface area contributed by atoms with Crippen molar-refractivity contribution in [3.63, 3.8) is 0 Å². The molecule has 1 aromatic heterocycles. The lowest BCUT2D eigenvalue weighted by atomic mass is 9.87. The van der Waals surface area contributed by atoms with E-state index in [1.54, 1.807) is 17.0 Å². The van der Waals surface area contributed by atoms with Gasteiger partial charge < -0.3 is 19.4 Å². The SMILES string of the molecule is CC(C)(C)OC(=O)N1CCC(c2ccc(-c3ccccc3)cc2Oc2cc3c(=O)[nH]cnc3cc2Br)CC1. The summed E-state index contributed by atoms with van der Waals surface area (Å²) in [7, 11) is 0. The van der Waals surface area contributed by atoms with Crippen LogP contribution in [-0.2, 0) is 4.74 Å². The third-order valence-corrected chi connectivity index (χ3v) is 7.24. The minimum atomic E-state index is -0.521. The highest BCUT2D eigenvalue weighted by molar-refractivity contribution is 9.10. The van der Waals surface area contributed by atoms with E-state index in [1.165, 1.54) is 6.33 Å². The first-order chi connectivity index (χ1) is 18.2. The molecule has 7 nitrogen and oxygen atoms in total. The minimum absolute atomic E-state index is 0.206. The van der Waals surface area contributed by atoms with Gasteiger partial charge in [-0.05, 0) is 90.4 Å². The first-order valence-electron chi connectivity index (χ1n) is 12.7. The lowest BCUT2D eigenvalue weighted by Gasteiger charge is -2.34. The second-order valence-corrected chi connectivity index (χ2v) is 11.3. The fourth-order valence-corrected chi connectivity index (χ4v) is 5.15. The van der Waals surface area contributed by atoms with Crippen molar-refractivity contribution in [1.82, 2.24) is 14.9 Å². The number of ether oxygens (including phenoxy) is 2. The number of hydrogen-bond acceptors (Lipinski definition) is 5. The summed E-state index contributed by atoms with van der Waals surface area (Å²) in [6.45, 7) is 6.86. The fourth-order valence-electron chi connectivity index (χ4n) is 4.74. The van der Waals surface area contributed by atoms with Crippen molar-refractivity contribution in [3.05, 3.63) is 87.4 Å². The average molecular weight is 576 g/mol. The van der Waals surface area contributed by atoms with Gasteiger partial charge in [0.25, 0.3) is 5.56 Å². The number of likely N-dealkylation sites (tertiary alicyclic amines) is 1. The van der Waals surface area contributed by atoms with E-state index in [9.17, 15) is 9.59 Å². The number of rotatable bonds is 4. The summed E-state index contributed by atoms with van der Waals surface area (Å²) in [5.41, 5.74) is 3.03. The normalized spacial score (nSPS) is 14.5. The number of carbonyl (C=O) groups is 1. The number of benzene rings is 3. The highest BCUT2D eigenvalue weighted by Gasteiger charge is 2.29. The van der Waals surface area contributed by atoms with E-state index in [-0.39, 0.29) is 17.6 Å². The highest BCUT2D eigenvalue weighted by Crippen LogP contribution is 2.41. The van der Waals surface area contributed by atoms with Crippen molar-refractivity contribution in [2.45, 2.75) is 45.1 Å². The fraction of sp³-hybridized carbons (Fsp3) is 0.300. The molecule has 1 aliphatic rings. The standard InChI is InChI=1S/C30H30BrN3O4/c1-30(2,3)38-29(36)34-13-11-20(12-14-34)22-10-9-21(19-7-5-4-6-8-19)15-26(22)37-27-16-23-25(17-24(27)31)32-18-33-28(23)35/h4-10,15-18,20H,11-14H2,1-3H3,(H,32,33,35). The number of nitrogens with one attached hydrogen (secondary N) is 1. The number of hydrogen-bond donors (Lipinski definition) is 1. The topological polar surface area (TPSA) is 84.5 Å². The van der Waals surface area contributed by atoms with E-state index < -0.39 is 5.60 Å². The summed E-state index contributed by atoms with van der Waals surface area (Å²) in [6.07, 6.45) is 2.71. The number of piperidine rings is 1. The first-order valence-corrected chi connectivity index (χ1v) is 13.5. The van der Waals surface area contributed by atoms with Crippen LogP contribution in [0.3, 0.4) is 0 Å². The lowest BCUT2D eigenvalue weighted by Crippen LogP contribution is -2.41. The van der Waals surface area contributed by atoms with Crippen LogP contribution in [0.5, 0.6) is 11.5 Å². The molecule has 1 N–H and O–H groups in total. The summed E-state index contributed by atoms with van der Waals surface area (Å²) in [4.78, 5) is 33.7. The van der Waals surface area contributed by atoms with Crippen LogP contribution < -0.4 is 10.3 Å². The van der Waals surface area contributed by atoms with Gasteiger partial charge in [-0.3, -0.25) is 4.79 Å². The zero-order valence-electron chi connectivity index (χ0n) is 21.7. The number of halogens is 1. The minimum Gasteiger partial charge on any atom is -0.456 e. The van der Waals surface area contributed by atoms with Crippen LogP contribution in [-0.4, -0.2) is 39.7 Å². The quantitative estimate of drug-likeness (QED) is 0.277. The number of carbonyl (C=O) groups excluding carboxylic acids is 1. The van der Waals surface area contributed by atoms with Gasteiger partial charge in [-0.25, -0.2) is 9.78 Å². The third kappa shape index (κ3) is 5.75. The van der Waals surface area contributed by atoms with Crippen molar-refractivity contribution in [2.75, 3.05) is 13.1 Å². The maximum Gasteiger partial charge on any atom is 0.410 e. The summed E-state index contributed by atoms with van der Waals surface area (Å²) >= 11 is 3.60. The summed E-state index contributed by atoms with van der Waals surface area (Å²) in [6, 6.07) is 19.9. The predicted molar refractivity (Wildman–Crippen MR) is 152 cm³/mol. The maximum absolute atomic E-state index is 12.6. The van der Waals surface area contributed by atoms with E-state index in [0.717, 1.165) is 35.3 Å². The summed E-state index contributed by atoms with van der Waals surface area (Å²) in [5, 5.41) is 0.456. The Morgan fingerprint density at radius 2 is 1.74 bits per heavy atom. The number of fused-ring (bicyclic) bond motifs is 1. The number of H-pyrrole nitrogens is 1. The van der Waals surface area contributed by atoms with E-state index >= 15 is 0 Å². The van der Waals surface area contributed by atoms with Gasteiger partial charge in [-0.1, -0.05) is 42.5 Å². The molecule has 0 aliphatic carbocycles. The van der Waals surface area contributed by atoms with Gasteiger partial charge in [-0.2, -0.15) is 0 Å². The molecule has 8 heteroatoms. The average Bonchev–Trinajstić information content (AvgIpc) is 2.89. The molecule has 2 heterocycles. The summed E-state index contributed by atoms with van der Waals surface area (Å²) in [5.74, 6) is 1.47. The number of amides is 1. The Morgan fingerprint density at radius 1 is 1.00 bits per heavy atom. The molecule has 1 fully saturated rings. The number of nitrogens with zero attached hydrogens (tertiary/aromatic N) is 2. The van der Waals surface area contributed by atoms with Crippen molar-refractivity contribution in [3.8, 4) is 22.6 Å². The van der Waals surface area contributed by atoms with Crippen LogP contribution >= 0.6 is 15.9 Å². The molecule has 0 spiro atoms. The zero-order valence-corrected chi connectivity index (χ0v) is 23.2. The molecule has 0 unspecified atom stereocenters. The Labute approximate surface area is 229 Å². The lowest BCUT2D eigenvalue weighted by molar-refractivity contribution is 0.0204. The van der Waals surface area contributed by atoms with E-state index in [4.69, 9.17) is 9.47 Å². The van der Waals surface area contributed by atoms with Crippen LogP contribution in [0, 0.1) is 0 Å². The maximum atomic E-state index is 12.6. The molecule has 196 valence electrons. The Morgan fingerprint density at radius 3 is 2.45 bits per heavy atom. The van der Waals surface area contributed by atoms with Gasteiger partial charge in [0.1, 0.15) is 17.1 Å². The van der Waals surface area contributed by atoms with Crippen molar-refractivity contribution in [1.29, 1.82) is 0 Å². The van der Waals surface area contributed by atoms with Crippen molar-refractivity contribution in [2.24, 2.45) is 0 Å². The van der Waals surface area contributed by atoms with Crippen LogP contribution in [0.4, 0.5) is 4.79 Å². The molecule has 0 saturated carbocycles. The molecule has 0 atom stereocenters. The molecule has 38 heavy (non-hydrogen) atoms. The Balaban J connectivity index is 1.47. The molecule has 4 aromatic rings. The van der Waals surface area contributed by atoms with Crippen LogP contribution in [0.1, 0.15) is 45.1 Å². The van der Waals surface area contributed by atoms with Gasteiger partial charge in [0.2, 0.25) is 0 Å². The molecule has 0 bridgehead atoms. The van der Waals surface area contributed by atoms with E-state index in [2.05, 4.69) is 56.2 Å². The zero-order chi connectivity index (χ0) is 26.9. The van der Waals surface area contributed by atoms with Crippen LogP contribution in [0.15, 0.2) is 76.3 Å². The molecule has 1 amide bonds. The number of aromatic amines is 1. The second kappa shape index (κ2) is 10.6. The van der Waals surface area contributed by atoms with Gasteiger partial charge in [0.15, 0.2) is 0 Å². The van der Waals surface area contributed by atoms with Gasteiger partial charge in [0, 0.05) is 13.1 Å². The van der Waals surface area contributed by atoms with E-state index in [0.29, 0.717) is 34.2 Å². The van der Waals surface area contributed by atoms with Crippen LogP contribution in [0.2, 0.25) is 0 Å². The molecular formula is C30H30BrN3O4. The largest absolute Gasteiger partial charge is 0.456 e. The smallest absolute Gasteiger partial charge is 0.410 e. The monoisotopic (exact) mass is 575 g/mol. The predicted octanol–water partition coefficient (Wildman–Crippen LogP) is 7.26. The van der Waals surface area contributed by atoms with Gasteiger partial charge >= 0.3 is 6.09 Å². The Hall–Kier alpha value is -3.65. The molecular weight excluding hydrogens is 546 g/mol. The second-order valence-electron chi connectivity index (χ2n) is 10.5. The van der Waals surface area contributed by atoms with Crippen molar-refractivity contribution < 1.29 is 14.3 Å².